The Morgan fingerprint density at radius 3 is 1.21 bits per heavy atom. The molecule has 0 bridgehead atoms. The number of ether oxygens (including phenoxy) is 6. The molecule has 15 heteroatoms. The standard InChI is InChI=1S/C58H108O15/c1-3-5-7-9-11-13-15-17-19-20-21-22-23-24-25-26-27-29-30-32-34-36-38-40-49(60)68-43-46(71-50(61)41-39-37-35-33-31-28-18-16-14-12-10-8-6-4-2)44-69-57-56(67)54(65)52(63)48(73-57)45-70-58-55(66)53(64)51(62)47(42-59)72-58/h16,18,46-48,51-59,62-67H,3-15,17,19-45H2,1-2H3/b18-16-. The molecule has 0 saturated carbocycles. The van der Waals surface area contributed by atoms with Crippen LogP contribution in [0.4, 0.5) is 0 Å². The van der Waals surface area contributed by atoms with E-state index in [1.807, 2.05) is 0 Å². The Labute approximate surface area is 441 Å². The molecular weight excluding hydrogens is 937 g/mol. The number of hydrogen-bond acceptors (Lipinski definition) is 15. The van der Waals surface area contributed by atoms with Crippen LogP contribution in [0.3, 0.4) is 0 Å². The van der Waals surface area contributed by atoms with Crippen LogP contribution in [0.2, 0.25) is 0 Å². The predicted molar refractivity (Wildman–Crippen MR) is 285 cm³/mol. The van der Waals surface area contributed by atoms with Crippen LogP contribution in [-0.4, -0.2) is 142 Å². The lowest BCUT2D eigenvalue weighted by molar-refractivity contribution is -0.332. The van der Waals surface area contributed by atoms with Gasteiger partial charge in [-0.05, 0) is 38.5 Å². The molecule has 2 heterocycles. The summed E-state index contributed by atoms with van der Waals surface area (Å²) in [5.74, 6) is -0.919. The molecule has 0 radical (unpaired) electrons. The molecule has 0 aromatic heterocycles. The Morgan fingerprint density at radius 1 is 0.425 bits per heavy atom. The maximum absolute atomic E-state index is 13.0. The highest BCUT2D eigenvalue weighted by Crippen LogP contribution is 2.27. The van der Waals surface area contributed by atoms with E-state index in [1.54, 1.807) is 0 Å². The fraction of sp³-hybridized carbons (Fsp3) is 0.931. The van der Waals surface area contributed by atoms with E-state index in [2.05, 4.69) is 26.0 Å². The lowest BCUT2D eigenvalue weighted by atomic mass is 9.98. The SMILES string of the molecule is CCCCCCC/C=C\CCCCCCCC(=O)OC(COC(=O)CCCCCCCCCCCCCCCCCCCCCCCCC)COC1OC(COC2OC(CO)C(O)C(O)C2O)C(O)C(O)C1O. The first kappa shape index (κ1) is 67.3. The number of esters is 2. The summed E-state index contributed by atoms with van der Waals surface area (Å²) in [5.41, 5.74) is 0. The highest BCUT2D eigenvalue weighted by atomic mass is 16.7. The van der Waals surface area contributed by atoms with E-state index in [0.717, 1.165) is 57.8 Å². The average molecular weight is 1050 g/mol. The van der Waals surface area contributed by atoms with Crippen molar-refractivity contribution >= 4 is 11.9 Å². The molecule has 2 aliphatic heterocycles. The third kappa shape index (κ3) is 32.6. The zero-order valence-corrected chi connectivity index (χ0v) is 45.9. The molecule has 0 aromatic carbocycles. The van der Waals surface area contributed by atoms with E-state index < -0.39 is 92.7 Å². The van der Waals surface area contributed by atoms with Crippen molar-refractivity contribution < 1.29 is 73.8 Å². The van der Waals surface area contributed by atoms with Crippen molar-refractivity contribution in [1.29, 1.82) is 0 Å². The highest BCUT2D eigenvalue weighted by Gasteiger charge is 2.47. The van der Waals surface area contributed by atoms with Gasteiger partial charge in [-0.2, -0.15) is 0 Å². The summed E-state index contributed by atoms with van der Waals surface area (Å²) < 4.78 is 33.7. The molecule has 73 heavy (non-hydrogen) atoms. The van der Waals surface area contributed by atoms with Crippen LogP contribution in [0.25, 0.3) is 0 Å². The molecule has 0 aliphatic carbocycles. The summed E-state index contributed by atoms with van der Waals surface area (Å²) in [6.07, 6.45) is 31.0. The summed E-state index contributed by atoms with van der Waals surface area (Å²) >= 11 is 0. The van der Waals surface area contributed by atoms with Crippen LogP contribution in [0, 0.1) is 0 Å². The van der Waals surface area contributed by atoms with Crippen LogP contribution in [0.5, 0.6) is 0 Å². The minimum atomic E-state index is -1.76. The Hall–Kier alpha value is -1.76. The number of aliphatic hydroxyl groups is 7. The summed E-state index contributed by atoms with van der Waals surface area (Å²) in [7, 11) is 0. The largest absolute Gasteiger partial charge is 0.462 e. The fourth-order valence-electron chi connectivity index (χ4n) is 9.63. The zero-order valence-electron chi connectivity index (χ0n) is 45.9. The smallest absolute Gasteiger partial charge is 0.306 e. The lowest BCUT2D eigenvalue weighted by Crippen LogP contribution is -2.61. The van der Waals surface area contributed by atoms with Crippen LogP contribution in [0.1, 0.15) is 251 Å². The maximum atomic E-state index is 13.0. The number of unbranched alkanes of at least 4 members (excludes halogenated alkanes) is 32. The van der Waals surface area contributed by atoms with Crippen molar-refractivity contribution in [3.8, 4) is 0 Å². The summed E-state index contributed by atoms with van der Waals surface area (Å²) in [6.45, 7) is 2.62. The molecule has 2 fully saturated rings. The van der Waals surface area contributed by atoms with Crippen molar-refractivity contribution in [3.63, 3.8) is 0 Å². The Kier molecular flexibility index (Phi) is 41.8. The number of hydrogen-bond donors (Lipinski definition) is 7. The normalized spacial score (nSPS) is 24.8. The van der Waals surface area contributed by atoms with Gasteiger partial charge in [-0.15, -0.1) is 0 Å². The molecule has 430 valence electrons. The summed E-state index contributed by atoms with van der Waals surface area (Å²) in [5, 5.41) is 72.2. The Bertz CT molecular complexity index is 1320. The minimum Gasteiger partial charge on any atom is -0.462 e. The molecule has 11 atom stereocenters. The molecular formula is C58H108O15. The van der Waals surface area contributed by atoms with E-state index in [4.69, 9.17) is 28.4 Å². The van der Waals surface area contributed by atoms with E-state index in [0.29, 0.717) is 12.8 Å². The maximum Gasteiger partial charge on any atom is 0.306 e. The third-order valence-electron chi connectivity index (χ3n) is 14.5. The molecule has 2 aliphatic rings. The second-order valence-electron chi connectivity index (χ2n) is 21.2. The third-order valence-corrected chi connectivity index (χ3v) is 14.5. The Morgan fingerprint density at radius 2 is 0.781 bits per heavy atom. The minimum absolute atomic E-state index is 0.159. The van der Waals surface area contributed by atoms with Crippen molar-refractivity contribution in [1.82, 2.24) is 0 Å². The van der Waals surface area contributed by atoms with Gasteiger partial charge in [0.15, 0.2) is 18.7 Å². The molecule has 0 spiro atoms. The van der Waals surface area contributed by atoms with E-state index in [1.165, 1.54) is 154 Å². The number of carbonyl (C=O) groups excluding carboxylic acids is 2. The van der Waals surface area contributed by atoms with E-state index >= 15 is 0 Å². The van der Waals surface area contributed by atoms with E-state index in [-0.39, 0.29) is 26.1 Å². The first-order valence-electron chi connectivity index (χ1n) is 29.8. The van der Waals surface area contributed by atoms with Gasteiger partial charge in [0.2, 0.25) is 0 Å². The zero-order chi connectivity index (χ0) is 53.2. The van der Waals surface area contributed by atoms with Crippen LogP contribution >= 0.6 is 0 Å². The molecule has 0 amide bonds. The van der Waals surface area contributed by atoms with Gasteiger partial charge >= 0.3 is 11.9 Å². The van der Waals surface area contributed by atoms with Crippen molar-refractivity contribution in [3.05, 3.63) is 12.2 Å². The average Bonchev–Trinajstić information content (AvgIpc) is 3.38. The van der Waals surface area contributed by atoms with E-state index in [9.17, 15) is 45.3 Å². The Balaban J connectivity index is 1.71. The molecule has 2 saturated heterocycles. The lowest BCUT2D eigenvalue weighted by Gasteiger charge is -2.42. The van der Waals surface area contributed by atoms with Gasteiger partial charge in [-0.25, -0.2) is 0 Å². The van der Waals surface area contributed by atoms with Crippen LogP contribution in [-0.2, 0) is 38.0 Å². The predicted octanol–water partition coefficient (Wildman–Crippen LogP) is 10.1. The quantitative estimate of drug-likeness (QED) is 0.0171. The molecule has 11 unspecified atom stereocenters. The van der Waals surface area contributed by atoms with Gasteiger partial charge < -0.3 is 64.2 Å². The van der Waals surface area contributed by atoms with Crippen LogP contribution in [0.15, 0.2) is 12.2 Å². The fourth-order valence-corrected chi connectivity index (χ4v) is 9.63. The number of aliphatic hydroxyl groups excluding tert-OH is 7. The summed E-state index contributed by atoms with van der Waals surface area (Å²) in [4.78, 5) is 25.9. The first-order valence-corrected chi connectivity index (χ1v) is 29.8. The topological polar surface area (TPSA) is 231 Å². The molecule has 7 N–H and O–H groups in total. The van der Waals surface area contributed by atoms with Gasteiger partial charge in [0, 0.05) is 12.8 Å². The van der Waals surface area contributed by atoms with Gasteiger partial charge in [0.25, 0.3) is 0 Å². The van der Waals surface area contributed by atoms with Crippen LogP contribution < -0.4 is 0 Å². The number of carbonyl (C=O) groups is 2. The number of allylic oxidation sites excluding steroid dienone is 2. The van der Waals surface area contributed by atoms with Gasteiger partial charge in [-0.1, -0.05) is 212 Å². The molecule has 15 nitrogen and oxygen atoms in total. The number of rotatable bonds is 48. The molecule has 0 aromatic rings. The highest BCUT2D eigenvalue weighted by molar-refractivity contribution is 5.70. The first-order chi connectivity index (χ1) is 35.5. The van der Waals surface area contributed by atoms with Gasteiger partial charge in [0.05, 0.1) is 19.8 Å². The van der Waals surface area contributed by atoms with Crippen molar-refractivity contribution in [2.45, 2.75) is 319 Å². The van der Waals surface area contributed by atoms with Gasteiger partial charge in [0.1, 0.15) is 55.4 Å². The van der Waals surface area contributed by atoms with Crippen molar-refractivity contribution in [2.24, 2.45) is 0 Å². The second kappa shape index (κ2) is 45.3. The second-order valence-corrected chi connectivity index (χ2v) is 21.2. The van der Waals surface area contributed by atoms with Gasteiger partial charge in [-0.3, -0.25) is 9.59 Å². The molecule has 2 rings (SSSR count). The summed E-state index contributed by atoms with van der Waals surface area (Å²) in [6, 6.07) is 0. The van der Waals surface area contributed by atoms with Crippen molar-refractivity contribution in [2.75, 3.05) is 26.4 Å². The monoisotopic (exact) mass is 1040 g/mol.